The van der Waals surface area contributed by atoms with Crippen molar-refractivity contribution in [1.82, 2.24) is 10.3 Å². The fourth-order valence-electron chi connectivity index (χ4n) is 3.30. The number of aromatic nitrogens is 1. The summed E-state index contributed by atoms with van der Waals surface area (Å²) >= 11 is 0. The molecule has 7 heteroatoms. The van der Waals surface area contributed by atoms with Crippen molar-refractivity contribution in [2.75, 3.05) is 23.4 Å². The van der Waals surface area contributed by atoms with Crippen LogP contribution in [0.4, 0.5) is 5.82 Å². The third-order valence-corrected chi connectivity index (χ3v) is 6.49. The molecule has 1 saturated heterocycles. The van der Waals surface area contributed by atoms with Gasteiger partial charge in [-0.15, -0.1) is 0 Å². The first-order valence-electron chi connectivity index (χ1n) is 8.91. The van der Waals surface area contributed by atoms with Crippen LogP contribution in [0.3, 0.4) is 0 Å². The SMILES string of the molecule is O=C(NCCC1=CCCCC1)c1ccc(NC2CCS(=O)(=O)C2)nc1. The molecule has 6 nitrogen and oxygen atoms in total. The molecular weight excluding hydrogens is 338 g/mol. The molecule has 0 radical (unpaired) electrons. The molecule has 1 aliphatic carbocycles. The van der Waals surface area contributed by atoms with E-state index in [1.807, 2.05) is 0 Å². The summed E-state index contributed by atoms with van der Waals surface area (Å²) in [5.41, 5.74) is 1.96. The summed E-state index contributed by atoms with van der Waals surface area (Å²) in [5, 5.41) is 6.05. The van der Waals surface area contributed by atoms with Crippen LogP contribution < -0.4 is 10.6 Å². The molecule has 25 heavy (non-hydrogen) atoms. The molecule has 1 atom stereocenters. The van der Waals surface area contributed by atoms with E-state index in [1.54, 1.807) is 12.1 Å². The van der Waals surface area contributed by atoms with Crippen molar-refractivity contribution in [1.29, 1.82) is 0 Å². The van der Waals surface area contributed by atoms with E-state index >= 15 is 0 Å². The number of hydrogen-bond donors (Lipinski definition) is 2. The van der Waals surface area contributed by atoms with E-state index in [0.717, 1.165) is 19.3 Å². The van der Waals surface area contributed by atoms with Crippen molar-refractivity contribution in [3.63, 3.8) is 0 Å². The van der Waals surface area contributed by atoms with Crippen molar-refractivity contribution < 1.29 is 13.2 Å². The number of carbonyl (C=O) groups excluding carboxylic acids is 1. The van der Waals surface area contributed by atoms with E-state index in [2.05, 4.69) is 21.7 Å². The molecule has 1 unspecified atom stereocenters. The minimum atomic E-state index is -2.92. The van der Waals surface area contributed by atoms with Crippen LogP contribution in [0.1, 0.15) is 48.9 Å². The second-order valence-corrected chi connectivity index (χ2v) is 9.02. The first kappa shape index (κ1) is 17.9. The number of pyridine rings is 1. The van der Waals surface area contributed by atoms with Crippen molar-refractivity contribution in [2.45, 2.75) is 44.6 Å². The molecule has 2 N–H and O–H groups in total. The molecule has 0 spiro atoms. The molecule has 1 fully saturated rings. The number of nitrogens with one attached hydrogen (secondary N) is 2. The highest BCUT2D eigenvalue weighted by molar-refractivity contribution is 7.91. The number of sulfone groups is 1. The summed E-state index contributed by atoms with van der Waals surface area (Å²) < 4.78 is 22.9. The standard InChI is InChI=1S/C18H25N3O3S/c22-18(19-10-8-14-4-2-1-3-5-14)15-6-7-17(20-12-15)21-16-9-11-25(23,24)13-16/h4,6-7,12,16H,1-3,5,8-11,13H2,(H,19,22)(H,20,21). The lowest BCUT2D eigenvalue weighted by Gasteiger charge is -2.13. The van der Waals surface area contributed by atoms with E-state index in [9.17, 15) is 13.2 Å². The number of rotatable bonds is 6. The Morgan fingerprint density at radius 2 is 2.16 bits per heavy atom. The average Bonchev–Trinajstić information content (AvgIpc) is 2.95. The third-order valence-electron chi connectivity index (χ3n) is 4.73. The van der Waals surface area contributed by atoms with E-state index in [1.165, 1.54) is 24.6 Å². The minimum absolute atomic E-state index is 0.0963. The van der Waals surface area contributed by atoms with Crippen molar-refractivity contribution in [3.05, 3.63) is 35.5 Å². The van der Waals surface area contributed by atoms with Crippen molar-refractivity contribution >= 4 is 21.6 Å². The number of anilines is 1. The Hall–Kier alpha value is -1.89. The van der Waals surface area contributed by atoms with Crippen molar-refractivity contribution in [2.24, 2.45) is 0 Å². The molecule has 0 bridgehead atoms. The maximum Gasteiger partial charge on any atom is 0.252 e. The lowest BCUT2D eigenvalue weighted by molar-refractivity contribution is 0.0953. The van der Waals surface area contributed by atoms with Crippen LogP contribution in [0.25, 0.3) is 0 Å². The predicted molar refractivity (Wildman–Crippen MR) is 98.4 cm³/mol. The maximum absolute atomic E-state index is 12.2. The van der Waals surface area contributed by atoms with Gasteiger partial charge in [0.2, 0.25) is 0 Å². The molecule has 1 aliphatic heterocycles. The van der Waals surface area contributed by atoms with E-state index in [-0.39, 0.29) is 23.5 Å². The number of allylic oxidation sites excluding steroid dienone is 1. The van der Waals surface area contributed by atoms with Gasteiger partial charge < -0.3 is 10.6 Å². The second-order valence-electron chi connectivity index (χ2n) is 6.79. The molecule has 1 aromatic rings. The van der Waals surface area contributed by atoms with Gasteiger partial charge in [-0.1, -0.05) is 11.6 Å². The summed E-state index contributed by atoms with van der Waals surface area (Å²) in [6, 6.07) is 3.35. The van der Waals surface area contributed by atoms with Gasteiger partial charge in [-0.25, -0.2) is 13.4 Å². The van der Waals surface area contributed by atoms with Crippen LogP contribution in [-0.4, -0.2) is 43.4 Å². The van der Waals surface area contributed by atoms with E-state index in [4.69, 9.17) is 0 Å². The molecule has 1 amide bonds. The van der Waals surface area contributed by atoms with Gasteiger partial charge in [0.1, 0.15) is 5.82 Å². The number of carbonyl (C=O) groups is 1. The Balaban J connectivity index is 1.46. The fraction of sp³-hybridized carbons (Fsp3) is 0.556. The quantitative estimate of drug-likeness (QED) is 0.757. The van der Waals surface area contributed by atoms with Crippen molar-refractivity contribution in [3.8, 4) is 0 Å². The monoisotopic (exact) mass is 363 g/mol. The van der Waals surface area contributed by atoms with Crippen LogP contribution in [-0.2, 0) is 9.84 Å². The Labute approximate surface area is 149 Å². The van der Waals surface area contributed by atoms with E-state index < -0.39 is 9.84 Å². The third kappa shape index (κ3) is 5.29. The van der Waals surface area contributed by atoms with Crippen LogP contribution in [0.15, 0.2) is 30.0 Å². The Morgan fingerprint density at radius 1 is 1.28 bits per heavy atom. The molecular formula is C18H25N3O3S. The zero-order chi connectivity index (χ0) is 17.7. The van der Waals surface area contributed by atoms with Gasteiger partial charge in [-0.2, -0.15) is 0 Å². The summed E-state index contributed by atoms with van der Waals surface area (Å²) in [5.74, 6) is 0.846. The first-order chi connectivity index (χ1) is 12.0. The lowest BCUT2D eigenvalue weighted by Crippen LogP contribution is -2.25. The summed E-state index contributed by atoms with van der Waals surface area (Å²) in [4.78, 5) is 16.4. The topological polar surface area (TPSA) is 88.2 Å². The highest BCUT2D eigenvalue weighted by atomic mass is 32.2. The molecule has 1 aromatic heterocycles. The zero-order valence-electron chi connectivity index (χ0n) is 14.3. The maximum atomic E-state index is 12.2. The number of hydrogen-bond acceptors (Lipinski definition) is 5. The minimum Gasteiger partial charge on any atom is -0.366 e. The molecule has 0 saturated carbocycles. The largest absolute Gasteiger partial charge is 0.366 e. The van der Waals surface area contributed by atoms with Crippen LogP contribution in [0.2, 0.25) is 0 Å². The van der Waals surface area contributed by atoms with Crippen LogP contribution in [0.5, 0.6) is 0 Å². The van der Waals surface area contributed by atoms with Crippen LogP contribution >= 0.6 is 0 Å². The number of nitrogens with zero attached hydrogens (tertiary/aromatic N) is 1. The van der Waals surface area contributed by atoms with E-state index in [0.29, 0.717) is 24.3 Å². The number of amides is 1. The predicted octanol–water partition coefficient (Wildman–Crippen LogP) is 2.30. The molecule has 2 heterocycles. The Bertz CT molecular complexity index is 741. The first-order valence-corrected chi connectivity index (χ1v) is 10.7. The molecule has 136 valence electrons. The zero-order valence-corrected chi connectivity index (χ0v) is 15.1. The lowest BCUT2D eigenvalue weighted by atomic mass is 9.97. The fourth-order valence-corrected chi connectivity index (χ4v) is 4.98. The van der Waals surface area contributed by atoms with Gasteiger partial charge in [-0.05, 0) is 50.7 Å². The smallest absolute Gasteiger partial charge is 0.252 e. The van der Waals surface area contributed by atoms with Crippen LogP contribution in [0, 0.1) is 0 Å². The van der Waals surface area contributed by atoms with Gasteiger partial charge >= 0.3 is 0 Å². The highest BCUT2D eigenvalue weighted by Gasteiger charge is 2.27. The van der Waals surface area contributed by atoms with Gasteiger partial charge in [0, 0.05) is 18.8 Å². The highest BCUT2D eigenvalue weighted by Crippen LogP contribution is 2.19. The summed E-state index contributed by atoms with van der Waals surface area (Å²) in [6.45, 7) is 0.643. The Morgan fingerprint density at radius 3 is 2.80 bits per heavy atom. The summed E-state index contributed by atoms with van der Waals surface area (Å²) in [7, 11) is -2.92. The van der Waals surface area contributed by atoms with Gasteiger partial charge in [0.25, 0.3) is 5.91 Å². The van der Waals surface area contributed by atoms with Gasteiger partial charge in [0.05, 0.1) is 17.1 Å². The summed E-state index contributed by atoms with van der Waals surface area (Å²) in [6.07, 6.45) is 10.2. The average molecular weight is 363 g/mol. The van der Waals surface area contributed by atoms with Gasteiger partial charge in [-0.3, -0.25) is 4.79 Å². The second kappa shape index (κ2) is 7.99. The molecule has 3 rings (SSSR count). The normalized spacial score (nSPS) is 22.2. The molecule has 2 aliphatic rings. The van der Waals surface area contributed by atoms with Gasteiger partial charge in [0.15, 0.2) is 9.84 Å². The molecule has 0 aromatic carbocycles. The Kier molecular flexibility index (Phi) is 5.73.